The zero-order valence-corrected chi connectivity index (χ0v) is 15.0. The lowest BCUT2D eigenvalue weighted by atomic mass is 9.90. The van der Waals surface area contributed by atoms with Crippen LogP contribution in [0.5, 0.6) is 0 Å². The van der Waals surface area contributed by atoms with Gasteiger partial charge in [0.25, 0.3) is 0 Å². The van der Waals surface area contributed by atoms with Gasteiger partial charge in [-0.3, -0.25) is 0 Å². The monoisotopic (exact) mass is 384 g/mol. The Morgan fingerprint density at radius 3 is 1.89 bits per heavy atom. The van der Waals surface area contributed by atoms with Crippen molar-refractivity contribution >= 4 is 6.08 Å². The normalized spacial score (nSPS) is 14.5. The topological polar surface area (TPSA) is 0 Å². The van der Waals surface area contributed by atoms with Crippen LogP contribution in [0.1, 0.15) is 41.7 Å². The van der Waals surface area contributed by atoms with Crippen molar-refractivity contribution in [3.63, 3.8) is 0 Å². The number of halogens is 6. The van der Waals surface area contributed by atoms with E-state index in [9.17, 15) is 26.3 Å². The minimum absolute atomic E-state index is 0.0623. The Morgan fingerprint density at radius 1 is 0.852 bits per heavy atom. The van der Waals surface area contributed by atoms with Crippen molar-refractivity contribution in [2.24, 2.45) is 5.92 Å². The van der Waals surface area contributed by atoms with E-state index in [1.165, 1.54) is 0 Å². The number of rotatable bonds is 2. The van der Waals surface area contributed by atoms with Gasteiger partial charge in [0.05, 0.1) is 11.1 Å². The van der Waals surface area contributed by atoms with Gasteiger partial charge >= 0.3 is 12.4 Å². The summed E-state index contributed by atoms with van der Waals surface area (Å²) in [7, 11) is 0. The Labute approximate surface area is 153 Å². The highest BCUT2D eigenvalue weighted by Crippen LogP contribution is 2.43. The molecule has 6 heteroatoms. The Balaban J connectivity index is 2.28. The molecule has 0 spiro atoms. The summed E-state index contributed by atoms with van der Waals surface area (Å²) in [6, 6.07) is 5.41. The zero-order valence-electron chi connectivity index (χ0n) is 15.0. The second-order valence-electron chi connectivity index (χ2n) is 7.18. The molecule has 0 amide bonds. The molecule has 2 aromatic carbocycles. The van der Waals surface area contributed by atoms with Crippen LogP contribution in [-0.4, -0.2) is 0 Å². The van der Waals surface area contributed by atoms with Crippen molar-refractivity contribution in [2.75, 3.05) is 0 Å². The molecule has 0 heterocycles. The third-order valence-corrected chi connectivity index (χ3v) is 4.89. The number of aryl methyl sites for hydroxylation is 1. The van der Waals surface area contributed by atoms with Gasteiger partial charge in [-0.15, -0.1) is 0 Å². The Hall–Kier alpha value is -2.24. The molecule has 2 aromatic rings. The third-order valence-electron chi connectivity index (χ3n) is 4.89. The number of benzene rings is 2. The second kappa shape index (κ2) is 6.43. The molecule has 0 unspecified atom stereocenters. The summed E-state index contributed by atoms with van der Waals surface area (Å²) < 4.78 is 79.3. The summed E-state index contributed by atoms with van der Waals surface area (Å²) in [5, 5.41) is 0. The summed E-state index contributed by atoms with van der Waals surface area (Å²) in [6.07, 6.45) is -7.16. The molecule has 1 aliphatic carbocycles. The van der Waals surface area contributed by atoms with Crippen LogP contribution in [0.15, 0.2) is 35.9 Å². The van der Waals surface area contributed by atoms with E-state index >= 15 is 0 Å². The van der Waals surface area contributed by atoms with E-state index in [0.29, 0.717) is 23.1 Å². The molecule has 0 radical (unpaired) electrons. The first-order valence-corrected chi connectivity index (χ1v) is 8.50. The molecular formula is C21H18F6. The van der Waals surface area contributed by atoms with Crippen LogP contribution < -0.4 is 0 Å². The molecule has 0 N–H and O–H groups in total. The molecular weight excluding hydrogens is 366 g/mol. The largest absolute Gasteiger partial charge is 0.416 e. The number of allylic oxidation sites excluding steroid dienone is 1. The first-order valence-electron chi connectivity index (χ1n) is 8.50. The maximum absolute atomic E-state index is 13.2. The van der Waals surface area contributed by atoms with Gasteiger partial charge in [-0.05, 0) is 65.3 Å². The fraction of sp³-hybridized carbons (Fsp3) is 0.333. The standard InChI is InChI=1S/C21H18F6/c1-11(2)14-6-13-5-4-12(3)19(18(13)9-14)15-7-16(20(22,23)24)10-17(8-15)21(25,26)27/h4-5,7-11H,6H2,1-3H3. The van der Waals surface area contributed by atoms with Gasteiger partial charge in [0.1, 0.15) is 0 Å². The lowest BCUT2D eigenvalue weighted by Crippen LogP contribution is -2.11. The predicted molar refractivity (Wildman–Crippen MR) is 93.1 cm³/mol. The zero-order chi connectivity index (χ0) is 20.1. The average molecular weight is 384 g/mol. The van der Waals surface area contributed by atoms with Gasteiger partial charge in [-0.1, -0.05) is 37.6 Å². The fourth-order valence-corrected chi connectivity index (χ4v) is 3.40. The summed E-state index contributed by atoms with van der Waals surface area (Å²) in [6.45, 7) is 5.72. The lowest BCUT2D eigenvalue weighted by Gasteiger charge is -2.17. The quantitative estimate of drug-likeness (QED) is 0.477. The van der Waals surface area contributed by atoms with E-state index in [4.69, 9.17) is 0 Å². The van der Waals surface area contributed by atoms with Gasteiger partial charge in [0.15, 0.2) is 0 Å². The summed E-state index contributed by atoms with van der Waals surface area (Å²) in [5.74, 6) is 0.248. The predicted octanol–water partition coefficient (Wildman–Crippen LogP) is 7.30. The minimum Gasteiger partial charge on any atom is -0.166 e. The van der Waals surface area contributed by atoms with Crippen molar-refractivity contribution < 1.29 is 26.3 Å². The highest BCUT2D eigenvalue weighted by atomic mass is 19.4. The number of fused-ring (bicyclic) bond motifs is 1. The van der Waals surface area contributed by atoms with E-state index in [-0.39, 0.29) is 17.5 Å². The molecule has 1 aliphatic rings. The van der Waals surface area contributed by atoms with Crippen LogP contribution in [0.25, 0.3) is 17.2 Å². The van der Waals surface area contributed by atoms with Crippen LogP contribution in [0, 0.1) is 12.8 Å². The Morgan fingerprint density at radius 2 is 1.41 bits per heavy atom. The van der Waals surface area contributed by atoms with Crippen molar-refractivity contribution in [3.8, 4) is 11.1 Å². The molecule has 0 bridgehead atoms. The highest BCUT2D eigenvalue weighted by Gasteiger charge is 2.37. The smallest absolute Gasteiger partial charge is 0.166 e. The van der Waals surface area contributed by atoms with Crippen LogP contribution >= 0.6 is 0 Å². The van der Waals surface area contributed by atoms with Gasteiger partial charge < -0.3 is 0 Å². The van der Waals surface area contributed by atoms with Gasteiger partial charge in [0.2, 0.25) is 0 Å². The van der Waals surface area contributed by atoms with Gasteiger partial charge in [0, 0.05) is 0 Å². The number of hydrogen-bond acceptors (Lipinski definition) is 0. The molecule has 27 heavy (non-hydrogen) atoms. The van der Waals surface area contributed by atoms with Crippen LogP contribution in [-0.2, 0) is 18.8 Å². The van der Waals surface area contributed by atoms with Crippen molar-refractivity contribution in [3.05, 3.63) is 63.7 Å². The second-order valence-corrected chi connectivity index (χ2v) is 7.18. The third kappa shape index (κ3) is 3.75. The molecule has 0 saturated heterocycles. The minimum atomic E-state index is -4.86. The molecule has 0 aliphatic heterocycles. The fourth-order valence-electron chi connectivity index (χ4n) is 3.40. The molecule has 0 saturated carbocycles. The van der Waals surface area contributed by atoms with Crippen LogP contribution in [0.2, 0.25) is 0 Å². The first kappa shape index (κ1) is 19.5. The molecule has 0 nitrogen and oxygen atoms in total. The average Bonchev–Trinajstić information content (AvgIpc) is 2.97. The van der Waals surface area contributed by atoms with E-state index in [1.807, 2.05) is 26.0 Å². The maximum atomic E-state index is 13.2. The Bertz CT molecular complexity index is 881. The van der Waals surface area contributed by atoms with E-state index in [1.54, 1.807) is 13.0 Å². The van der Waals surface area contributed by atoms with E-state index < -0.39 is 23.5 Å². The first-order chi connectivity index (χ1) is 12.4. The van der Waals surface area contributed by atoms with Crippen LogP contribution in [0.3, 0.4) is 0 Å². The molecule has 0 aromatic heterocycles. The molecule has 0 fully saturated rings. The highest BCUT2D eigenvalue weighted by molar-refractivity contribution is 5.83. The van der Waals surface area contributed by atoms with E-state index in [2.05, 4.69) is 0 Å². The maximum Gasteiger partial charge on any atom is 0.416 e. The Kier molecular flexibility index (Phi) is 4.65. The van der Waals surface area contributed by atoms with Crippen molar-refractivity contribution in [2.45, 2.75) is 39.5 Å². The van der Waals surface area contributed by atoms with Gasteiger partial charge in [-0.2, -0.15) is 26.3 Å². The van der Waals surface area contributed by atoms with Crippen molar-refractivity contribution in [1.82, 2.24) is 0 Å². The SMILES string of the molecule is Cc1ccc2c(c1-c1cc(C(F)(F)F)cc(C(F)(F)F)c1)C=C(C(C)C)C2. The van der Waals surface area contributed by atoms with Crippen LogP contribution in [0.4, 0.5) is 26.3 Å². The number of alkyl halides is 6. The van der Waals surface area contributed by atoms with E-state index in [0.717, 1.165) is 23.3 Å². The summed E-state index contributed by atoms with van der Waals surface area (Å²) >= 11 is 0. The van der Waals surface area contributed by atoms with Gasteiger partial charge in [-0.25, -0.2) is 0 Å². The number of hydrogen-bond donors (Lipinski definition) is 0. The van der Waals surface area contributed by atoms with Crippen molar-refractivity contribution in [1.29, 1.82) is 0 Å². The molecule has 0 atom stereocenters. The molecule has 3 rings (SSSR count). The lowest BCUT2D eigenvalue weighted by molar-refractivity contribution is -0.143. The summed E-state index contributed by atoms with van der Waals surface area (Å²) in [4.78, 5) is 0. The molecule has 144 valence electrons. The summed E-state index contributed by atoms with van der Waals surface area (Å²) in [5.41, 5.74) is 1.16.